The van der Waals surface area contributed by atoms with Crippen LogP contribution in [0.15, 0.2) is 36.7 Å². The number of rotatable bonds is 8. The minimum atomic E-state index is -0.438. The van der Waals surface area contributed by atoms with Crippen molar-refractivity contribution in [2.75, 3.05) is 51.9 Å². The van der Waals surface area contributed by atoms with Crippen molar-refractivity contribution in [3.05, 3.63) is 48.0 Å². The standard InChI is InChI=1S/C27H29FN4O3/c1-3-18-11-21(5-6-23(18)28)31-27-22-12-26(25(33-2)13-24(22)29-17-30-27)35-10-4-8-32-9-7-19-15-34-16-20(19)14-32/h1,5-6,11-13,17,19-20H,4,7-10,14-16H2,2H3,(H,29,30,31). The molecule has 7 nitrogen and oxygen atoms in total. The lowest BCUT2D eigenvalue weighted by Crippen LogP contribution is -2.40. The van der Waals surface area contributed by atoms with Crippen LogP contribution >= 0.6 is 0 Å². The zero-order valence-corrected chi connectivity index (χ0v) is 19.8. The normalized spacial score (nSPS) is 19.8. The van der Waals surface area contributed by atoms with Crippen molar-refractivity contribution < 1.29 is 18.6 Å². The molecule has 2 unspecified atom stereocenters. The van der Waals surface area contributed by atoms with Crippen LogP contribution in [0.3, 0.4) is 0 Å². The van der Waals surface area contributed by atoms with Crippen LogP contribution in [0.1, 0.15) is 18.4 Å². The number of hydrogen-bond acceptors (Lipinski definition) is 7. The Morgan fingerprint density at radius 3 is 2.94 bits per heavy atom. The molecule has 182 valence electrons. The molecule has 2 atom stereocenters. The Bertz CT molecular complexity index is 1250. The van der Waals surface area contributed by atoms with Crippen molar-refractivity contribution in [1.82, 2.24) is 14.9 Å². The number of terminal acetylenes is 1. The van der Waals surface area contributed by atoms with E-state index in [1.807, 2.05) is 12.1 Å². The minimum Gasteiger partial charge on any atom is -0.493 e. The van der Waals surface area contributed by atoms with E-state index in [0.717, 1.165) is 50.6 Å². The van der Waals surface area contributed by atoms with Gasteiger partial charge in [0.15, 0.2) is 11.5 Å². The maximum absolute atomic E-state index is 13.8. The van der Waals surface area contributed by atoms with Crippen LogP contribution in [0.2, 0.25) is 0 Å². The lowest BCUT2D eigenvalue weighted by atomic mass is 9.89. The Balaban J connectivity index is 1.27. The molecule has 35 heavy (non-hydrogen) atoms. The first kappa shape index (κ1) is 23.3. The largest absolute Gasteiger partial charge is 0.493 e. The zero-order valence-electron chi connectivity index (χ0n) is 19.8. The first-order valence-corrected chi connectivity index (χ1v) is 11.9. The maximum Gasteiger partial charge on any atom is 0.162 e. The quantitative estimate of drug-likeness (QED) is 0.385. The van der Waals surface area contributed by atoms with Gasteiger partial charge in [0.1, 0.15) is 18.0 Å². The third kappa shape index (κ3) is 5.16. The van der Waals surface area contributed by atoms with Gasteiger partial charge in [0.2, 0.25) is 0 Å². The summed E-state index contributed by atoms with van der Waals surface area (Å²) in [5, 5.41) is 3.98. The van der Waals surface area contributed by atoms with Crippen molar-refractivity contribution in [3.63, 3.8) is 0 Å². The van der Waals surface area contributed by atoms with Crippen molar-refractivity contribution in [2.24, 2.45) is 11.8 Å². The number of benzene rings is 2. The summed E-state index contributed by atoms with van der Waals surface area (Å²) in [6.07, 6.45) is 9.00. The number of fused-ring (bicyclic) bond motifs is 2. The first-order chi connectivity index (χ1) is 17.1. The smallest absolute Gasteiger partial charge is 0.162 e. The molecule has 3 heterocycles. The number of hydrogen-bond donors (Lipinski definition) is 1. The zero-order chi connectivity index (χ0) is 24.2. The summed E-state index contributed by atoms with van der Waals surface area (Å²) in [5.74, 6) is 5.14. The molecule has 3 aromatic rings. The third-order valence-electron chi connectivity index (χ3n) is 6.82. The maximum atomic E-state index is 13.8. The molecule has 0 radical (unpaired) electrons. The number of nitrogens with one attached hydrogen (secondary N) is 1. The SMILES string of the molecule is C#Cc1cc(Nc2ncnc3cc(OC)c(OCCCN4CCC5COCC5C4)cc23)ccc1F. The highest BCUT2D eigenvalue weighted by Crippen LogP contribution is 2.35. The predicted octanol–water partition coefficient (Wildman–Crippen LogP) is 4.24. The van der Waals surface area contributed by atoms with Gasteiger partial charge in [-0.3, -0.25) is 0 Å². The van der Waals surface area contributed by atoms with Gasteiger partial charge in [0.05, 0.1) is 31.4 Å². The highest BCUT2D eigenvalue weighted by atomic mass is 19.1. The molecule has 1 N–H and O–H groups in total. The molecule has 0 amide bonds. The van der Waals surface area contributed by atoms with E-state index in [1.54, 1.807) is 19.2 Å². The van der Waals surface area contributed by atoms with E-state index in [9.17, 15) is 4.39 Å². The van der Waals surface area contributed by atoms with Crippen LogP contribution in [0, 0.1) is 30.0 Å². The fourth-order valence-electron chi connectivity index (χ4n) is 4.89. The number of halogens is 1. The Morgan fingerprint density at radius 1 is 1.20 bits per heavy atom. The van der Waals surface area contributed by atoms with Gasteiger partial charge in [0.25, 0.3) is 0 Å². The number of likely N-dealkylation sites (tertiary alicyclic amines) is 1. The molecule has 2 aliphatic heterocycles. The van der Waals surface area contributed by atoms with Crippen molar-refractivity contribution >= 4 is 22.4 Å². The van der Waals surface area contributed by atoms with Crippen LogP contribution in [0.4, 0.5) is 15.9 Å². The van der Waals surface area contributed by atoms with Crippen LogP contribution < -0.4 is 14.8 Å². The van der Waals surface area contributed by atoms with E-state index in [-0.39, 0.29) is 5.56 Å². The van der Waals surface area contributed by atoms with Crippen LogP contribution in [-0.2, 0) is 4.74 Å². The summed E-state index contributed by atoms with van der Waals surface area (Å²) in [5.41, 5.74) is 1.52. The second kappa shape index (κ2) is 10.5. The molecule has 1 aromatic heterocycles. The highest BCUT2D eigenvalue weighted by molar-refractivity contribution is 5.93. The highest BCUT2D eigenvalue weighted by Gasteiger charge is 2.33. The number of anilines is 2. The summed E-state index contributed by atoms with van der Waals surface area (Å²) in [7, 11) is 1.61. The van der Waals surface area contributed by atoms with E-state index in [0.29, 0.717) is 41.0 Å². The van der Waals surface area contributed by atoms with E-state index in [2.05, 4.69) is 26.1 Å². The van der Waals surface area contributed by atoms with Crippen LogP contribution in [0.25, 0.3) is 10.9 Å². The number of nitrogens with zero attached hydrogens (tertiary/aromatic N) is 3. The van der Waals surface area contributed by atoms with Gasteiger partial charge >= 0.3 is 0 Å². The Hall–Kier alpha value is -3.41. The van der Waals surface area contributed by atoms with Gasteiger partial charge in [-0.25, -0.2) is 14.4 Å². The summed E-state index contributed by atoms with van der Waals surface area (Å²) in [6.45, 7) is 5.63. The Labute approximate surface area is 204 Å². The Kier molecular flexibility index (Phi) is 6.98. The summed E-state index contributed by atoms with van der Waals surface area (Å²) in [6, 6.07) is 8.24. The summed E-state index contributed by atoms with van der Waals surface area (Å²) in [4.78, 5) is 11.3. The lowest BCUT2D eigenvalue weighted by molar-refractivity contribution is 0.138. The van der Waals surface area contributed by atoms with Gasteiger partial charge in [0, 0.05) is 42.8 Å². The van der Waals surface area contributed by atoms with E-state index < -0.39 is 5.82 Å². The number of piperidine rings is 1. The van der Waals surface area contributed by atoms with E-state index >= 15 is 0 Å². The summed E-state index contributed by atoms with van der Waals surface area (Å²) < 4.78 is 31.1. The average molecular weight is 477 g/mol. The van der Waals surface area contributed by atoms with Gasteiger partial charge < -0.3 is 24.4 Å². The van der Waals surface area contributed by atoms with Gasteiger partial charge in [-0.2, -0.15) is 0 Å². The molecular weight excluding hydrogens is 447 g/mol. The number of aromatic nitrogens is 2. The first-order valence-electron chi connectivity index (χ1n) is 11.9. The molecule has 0 saturated carbocycles. The monoisotopic (exact) mass is 476 g/mol. The number of ether oxygens (including phenoxy) is 3. The van der Waals surface area contributed by atoms with Gasteiger partial charge in [-0.15, -0.1) is 6.42 Å². The van der Waals surface area contributed by atoms with Crippen molar-refractivity contribution in [3.8, 4) is 23.8 Å². The minimum absolute atomic E-state index is 0.184. The topological polar surface area (TPSA) is 68.7 Å². The van der Waals surface area contributed by atoms with Gasteiger partial charge in [-0.1, -0.05) is 5.92 Å². The molecular formula is C27H29FN4O3. The van der Waals surface area contributed by atoms with E-state index in [4.69, 9.17) is 20.6 Å². The second-order valence-corrected chi connectivity index (χ2v) is 9.06. The average Bonchev–Trinajstić information content (AvgIpc) is 3.35. The predicted molar refractivity (Wildman–Crippen MR) is 133 cm³/mol. The number of methoxy groups -OCH3 is 1. The fourth-order valence-corrected chi connectivity index (χ4v) is 4.89. The van der Waals surface area contributed by atoms with Crippen molar-refractivity contribution in [2.45, 2.75) is 12.8 Å². The third-order valence-corrected chi connectivity index (χ3v) is 6.82. The lowest BCUT2D eigenvalue weighted by Gasteiger charge is -2.33. The van der Waals surface area contributed by atoms with E-state index in [1.165, 1.54) is 18.8 Å². The molecule has 2 aliphatic rings. The molecule has 2 fully saturated rings. The van der Waals surface area contributed by atoms with Crippen LogP contribution in [-0.4, -0.2) is 61.4 Å². The molecule has 2 aromatic carbocycles. The van der Waals surface area contributed by atoms with Crippen molar-refractivity contribution in [1.29, 1.82) is 0 Å². The molecule has 0 aliphatic carbocycles. The molecule has 0 spiro atoms. The summed E-state index contributed by atoms with van der Waals surface area (Å²) >= 11 is 0. The second-order valence-electron chi connectivity index (χ2n) is 9.06. The molecule has 5 rings (SSSR count). The molecule has 2 saturated heterocycles. The molecule has 8 heteroatoms. The van der Waals surface area contributed by atoms with Crippen LogP contribution in [0.5, 0.6) is 11.5 Å². The fraction of sp³-hybridized carbons (Fsp3) is 0.407. The van der Waals surface area contributed by atoms with Gasteiger partial charge in [-0.05, 0) is 49.6 Å². The molecule has 0 bridgehead atoms. The Morgan fingerprint density at radius 2 is 2.09 bits per heavy atom.